The van der Waals surface area contributed by atoms with Gasteiger partial charge in [-0.15, -0.1) is 10.2 Å². The van der Waals surface area contributed by atoms with E-state index in [-0.39, 0.29) is 5.89 Å². The number of benzene rings is 1. The molecule has 0 radical (unpaired) electrons. The minimum atomic E-state index is -2.82. The summed E-state index contributed by atoms with van der Waals surface area (Å²) in [7, 11) is 0. The summed E-state index contributed by atoms with van der Waals surface area (Å²) in [5, 5.41) is 8.39. The van der Waals surface area contributed by atoms with Gasteiger partial charge in [-0.2, -0.15) is 8.78 Å². The zero-order valence-corrected chi connectivity index (χ0v) is 18.4. The van der Waals surface area contributed by atoms with Crippen LogP contribution in [0, 0.1) is 0 Å². The molecule has 2 aromatic heterocycles. The summed E-state index contributed by atoms with van der Waals surface area (Å²) >= 11 is 0. The van der Waals surface area contributed by atoms with Crippen LogP contribution < -0.4 is 11.6 Å². The largest absolute Gasteiger partial charge is 0.415 e. The monoisotopic (exact) mass is 469 g/mol. The van der Waals surface area contributed by atoms with Gasteiger partial charge in [0.15, 0.2) is 0 Å². The summed E-state index contributed by atoms with van der Waals surface area (Å²) in [6.45, 7) is 3.90. The number of alkyl halides is 2. The fourth-order valence-electron chi connectivity index (χ4n) is 4.07. The van der Waals surface area contributed by atoms with Gasteiger partial charge in [-0.25, -0.2) is 5.84 Å². The van der Waals surface area contributed by atoms with E-state index in [1.807, 2.05) is 6.07 Å². The summed E-state index contributed by atoms with van der Waals surface area (Å²) in [6, 6.07) is 10.2. The van der Waals surface area contributed by atoms with Crippen LogP contribution in [-0.2, 0) is 24.2 Å². The first-order valence-corrected chi connectivity index (χ1v) is 11.0. The lowest BCUT2D eigenvalue weighted by Gasteiger charge is -2.40. The van der Waals surface area contributed by atoms with E-state index in [1.54, 1.807) is 18.3 Å². The Kier molecular flexibility index (Phi) is 6.22. The number of hydrogen-bond acceptors (Lipinski definition) is 9. The Labute approximate surface area is 195 Å². The normalized spacial score (nSPS) is 17.0. The maximum absolute atomic E-state index is 12.6. The van der Waals surface area contributed by atoms with Crippen LogP contribution in [0.4, 0.5) is 8.78 Å². The van der Waals surface area contributed by atoms with Gasteiger partial charge in [0.2, 0.25) is 5.89 Å². The molecule has 34 heavy (non-hydrogen) atoms. The molecule has 5 rings (SSSR count). The molecule has 2 aliphatic rings. The Bertz CT molecular complexity index is 1180. The summed E-state index contributed by atoms with van der Waals surface area (Å²) in [6.07, 6.45) is 1.31. The van der Waals surface area contributed by atoms with Crippen molar-refractivity contribution in [3.63, 3.8) is 0 Å². The van der Waals surface area contributed by atoms with Gasteiger partial charge in [-0.3, -0.25) is 9.88 Å². The van der Waals surface area contributed by atoms with Crippen LogP contribution in [0.1, 0.15) is 34.7 Å². The predicted octanol–water partition coefficient (Wildman–Crippen LogP) is 2.46. The smallest absolute Gasteiger partial charge is 0.314 e. The molecule has 1 aromatic carbocycles. The molecule has 178 valence electrons. The maximum Gasteiger partial charge on any atom is 0.314 e. The Morgan fingerprint density at radius 1 is 1.21 bits per heavy atom. The summed E-state index contributed by atoms with van der Waals surface area (Å²) in [5.41, 5.74) is 11.5. The summed E-state index contributed by atoms with van der Waals surface area (Å²) < 4.78 is 35.5. The Morgan fingerprint density at radius 3 is 2.74 bits per heavy atom. The topological polar surface area (TPSA) is 120 Å². The molecule has 4 heterocycles. The number of hydrogen-bond donors (Lipinski definition) is 2. The van der Waals surface area contributed by atoms with Crippen LogP contribution in [0.3, 0.4) is 0 Å². The van der Waals surface area contributed by atoms with Crippen molar-refractivity contribution in [2.75, 3.05) is 19.8 Å². The molecule has 11 heteroatoms. The van der Waals surface area contributed by atoms with Crippen molar-refractivity contribution < 1.29 is 17.9 Å². The number of hydrazine groups is 1. The lowest BCUT2D eigenvalue weighted by molar-refractivity contribution is -0.0695. The van der Waals surface area contributed by atoms with Gasteiger partial charge in [-0.1, -0.05) is 12.1 Å². The molecule has 0 saturated carbocycles. The fraction of sp³-hybridized carbons (Fsp3) is 0.348. The zero-order valence-electron chi connectivity index (χ0n) is 18.4. The average molecular weight is 469 g/mol. The van der Waals surface area contributed by atoms with E-state index < -0.39 is 12.3 Å². The van der Waals surface area contributed by atoms with Crippen LogP contribution in [0.2, 0.25) is 0 Å². The zero-order chi connectivity index (χ0) is 23.7. The van der Waals surface area contributed by atoms with Crippen LogP contribution in [0.25, 0.3) is 17.2 Å². The Balaban J connectivity index is 1.21. The number of fused-ring (bicyclic) bond motifs is 1. The average Bonchev–Trinajstić information content (AvgIpc) is 3.29. The van der Waals surface area contributed by atoms with Gasteiger partial charge in [0.1, 0.15) is 0 Å². The molecule has 1 fully saturated rings. The molecule has 0 bridgehead atoms. The highest BCUT2D eigenvalue weighted by Gasteiger charge is 2.28. The van der Waals surface area contributed by atoms with Gasteiger partial charge >= 0.3 is 6.43 Å². The van der Waals surface area contributed by atoms with Gasteiger partial charge in [0.05, 0.1) is 42.8 Å². The first-order chi connectivity index (χ1) is 16.5. The number of ether oxygens (including phenoxy) is 1. The van der Waals surface area contributed by atoms with E-state index in [0.717, 1.165) is 38.3 Å². The van der Waals surface area contributed by atoms with E-state index in [1.165, 1.54) is 22.3 Å². The van der Waals surface area contributed by atoms with Crippen molar-refractivity contribution in [3.8, 4) is 11.5 Å². The van der Waals surface area contributed by atoms with E-state index in [9.17, 15) is 8.78 Å². The molecule has 0 spiro atoms. The molecule has 3 aromatic rings. The van der Waals surface area contributed by atoms with Crippen molar-refractivity contribution in [2.24, 2.45) is 11.6 Å². The molecule has 0 unspecified atom stereocenters. The Hall–Kier alpha value is -3.41. The molecule has 9 nitrogen and oxygen atoms in total. The molecule has 0 amide bonds. The molecule has 0 atom stereocenters. The number of rotatable bonds is 7. The minimum absolute atomic E-state index is 0.0142. The summed E-state index contributed by atoms with van der Waals surface area (Å²) in [5.74, 6) is 5.40. The molecule has 2 aliphatic heterocycles. The van der Waals surface area contributed by atoms with Crippen LogP contribution in [0.5, 0.6) is 0 Å². The van der Waals surface area contributed by atoms with Crippen LogP contribution >= 0.6 is 0 Å². The van der Waals surface area contributed by atoms with Crippen molar-refractivity contribution in [3.05, 3.63) is 71.0 Å². The number of nitrogens with two attached hydrogens (primary N) is 2. The predicted molar refractivity (Wildman–Crippen MR) is 120 cm³/mol. The third-order valence-corrected chi connectivity index (χ3v) is 6.07. The van der Waals surface area contributed by atoms with Crippen molar-refractivity contribution in [1.29, 1.82) is 0 Å². The fourth-order valence-corrected chi connectivity index (χ4v) is 4.07. The van der Waals surface area contributed by atoms with Gasteiger partial charge in [0, 0.05) is 25.5 Å². The Morgan fingerprint density at radius 2 is 2.06 bits per heavy atom. The van der Waals surface area contributed by atoms with E-state index in [0.29, 0.717) is 29.5 Å². The molecule has 0 aliphatic carbocycles. The van der Waals surface area contributed by atoms with Crippen LogP contribution in [-0.4, -0.2) is 50.9 Å². The minimum Gasteiger partial charge on any atom is -0.415 e. The van der Waals surface area contributed by atoms with Gasteiger partial charge < -0.3 is 19.9 Å². The SMILES string of the molecule is N/C(=C\N(N)Cc1ccc(-c2nnc(C(F)F)o2)cn1)c1ccc2c(c1)CCN(C1COC1)C2. The number of nitrogens with zero attached hydrogens (tertiary/aromatic N) is 5. The highest BCUT2D eigenvalue weighted by Crippen LogP contribution is 2.26. The number of aromatic nitrogens is 3. The number of pyridine rings is 1. The summed E-state index contributed by atoms with van der Waals surface area (Å²) in [4.78, 5) is 6.77. The second kappa shape index (κ2) is 9.45. The van der Waals surface area contributed by atoms with Gasteiger partial charge in [0.25, 0.3) is 5.89 Å². The van der Waals surface area contributed by atoms with Crippen LogP contribution in [0.15, 0.2) is 47.1 Å². The quantitative estimate of drug-likeness (QED) is 0.397. The lowest BCUT2D eigenvalue weighted by atomic mass is 9.95. The third-order valence-electron chi connectivity index (χ3n) is 6.07. The van der Waals surface area contributed by atoms with Crippen molar-refractivity contribution in [2.45, 2.75) is 32.0 Å². The third kappa shape index (κ3) is 4.76. The first-order valence-electron chi connectivity index (χ1n) is 11.0. The second-order valence-corrected chi connectivity index (χ2v) is 8.44. The molecular weight excluding hydrogens is 444 g/mol. The molecule has 1 saturated heterocycles. The highest BCUT2D eigenvalue weighted by atomic mass is 19.3. The first kappa shape index (κ1) is 22.4. The number of halogens is 2. The molecular formula is C23H25F2N7O2. The van der Waals surface area contributed by atoms with Gasteiger partial charge in [-0.05, 0) is 41.3 Å². The van der Waals surface area contributed by atoms with E-state index >= 15 is 0 Å². The molecule has 4 N–H and O–H groups in total. The highest BCUT2D eigenvalue weighted by molar-refractivity contribution is 5.63. The van der Waals surface area contributed by atoms with E-state index in [4.69, 9.17) is 20.7 Å². The van der Waals surface area contributed by atoms with E-state index in [2.05, 4.69) is 32.2 Å². The standard InChI is InChI=1S/C23H25F2N7O2/c24-21(25)23-30-29-22(34-23)16-3-4-18(28-8-16)10-32(27)11-20(26)15-1-2-17-9-31(19-12-33-13-19)6-5-14(17)7-15/h1-4,7-8,11,19,21H,5-6,9-10,12-13,26-27H2/b20-11-. The maximum atomic E-state index is 12.6. The van der Waals surface area contributed by atoms with Crippen molar-refractivity contribution >= 4 is 5.70 Å². The lowest BCUT2D eigenvalue weighted by Crippen LogP contribution is -2.50. The van der Waals surface area contributed by atoms with Crippen molar-refractivity contribution in [1.82, 2.24) is 25.1 Å². The second-order valence-electron chi connectivity index (χ2n) is 8.44.